The van der Waals surface area contributed by atoms with Gasteiger partial charge in [0, 0.05) is 44.6 Å². The van der Waals surface area contributed by atoms with E-state index in [4.69, 9.17) is 14.7 Å². The number of nitriles is 1. The van der Waals surface area contributed by atoms with Crippen LogP contribution < -0.4 is 9.47 Å². The van der Waals surface area contributed by atoms with Crippen molar-refractivity contribution in [3.63, 3.8) is 0 Å². The second-order valence-corrected chi connectivity index (χ2v) is 6.91. The monoisotopic (exact) mass is 371 g/mol. The van der Waals surface area contributed by atoms with Gasteiger partial charge in [-0.05, 0) is 31.4 Å². The van der Waals surface area contributed by atoms with Gasteiger partial charge in [-0.1, -0.05) is 0 Å². The number of carbonyl (C=O) groups is 2. The molecule has 0 unspecified atom stereocenters. The van der Waals surface area contributed by atoms with Gasteiger partial charge in [0.25, 0.3) is 0 Å². The first kappa shape index (κ1) is 19.0. The number of methoxy groups -OCH3 is 1. The van der Waals surface area contributed by atoms with E-state index in [-0.39, 0.29) is 17.7 Å². The van der Waals surface area contributed by atoms with Gasteiger partial charge in [0.05, 0.1) is 25.3 Å². The zero-order valence-corrected chi connectivity index (χ0v) is 15.6. The van der Waals surface area contributed by atoms with Crippen LogP contribution in [0.2, 0.25) is 0 Å². The third kappa shape index (κ3) is 4.91. The molecule has 0 radical (unpaired) electrons. The van der Waals surface area contributed by atoms with E-state index in [0.29, 0.717) is 62.7 Å². The van der Waals surface area contributed by atoms with Crippen LogP contribution in [-0.4, -0.2) is 61.5 Å². The van der Waals surface area contributed by atoms with E-state index in [2.05, 4.69) is 6.07 Å². The molecule has 27 heavy (non-hydrogen) atoms. The molecular formula is C20H25N3O4. The molecule has 1 saturated carbocycles. The van der Waals surface area contributed by atoms with Crippen LogP contribution in [0.25, 0.3) is 0 Å². The molecule has 0 N–H and O–H groups in total. The minimum atomic E-state index is 0.101. The number of ether oxygens (including phenoxy) is 2. The van der Waals surface area contributed by atoms with E-state index in [0.717, 1.165) is 12.8 Å². The number of hydrogen-bond acceptors (Lipinski definition) is 5. The molecule has 144 valence electrons. The quantitative estimate of drug-likeness (QED) is 0.683. The highest BCUT2D eigenvalue weighted by Gasteiger charge is 2.35. The van der Waals surface area contributed by atoms with Gasteiger partial charge >= 0.3 is 0 Å². The van der Waals surface area contributed by atoms with Crippen molar-refractivity contribution in [2.75, 3.05) is 39.9 Å². The van der Waals surface area contributed by atoms with Gasteiger partial charge in [-0.15, -0.1) is 0 Å². The Hall–Kier alpha value is -2.75. The number of hydrogen-bond donors (Lipinski definition) is 0. The second kappa shape index (κ2) is 8.76. The average molecular weight is 371 g/mol. The molecule has 0 aromatic heterocycles. The molecule has 1 aliphatic carbocycles. The van der Waals surface area contributed by atoms with Crippen LogP contribution in [0.5, 0.6) is 11.5 Å². The molecule has 7 nitrogen and oxygen atoms in total. The number of piperazine rings is 1. The first-order chi connectivity index (χ1) is 13.1. The Morgan fingerprint density at radius 3 is 2.48 bits per heavy atom. The van der Waals surface area contributed by atoms with E-state index in [1.807, 2.05) is 9.80 Å². The molecule has 0 atom stereocenters. The average Bonchev–Trinajstić information content (AvgIpc) is 3.56. The molecule has 3 rings (SSSR count). The first-order valence-electron chi connectivity index (χ1n) is 9.40. The molecule has 0 spiro atoms. The maximum atomic E-state index is 12.3. The van der Waals surface area contributed by atoms with Crippen LogP contribution in [0.4, 0.5) is 0 Å². The fourth-order valence-electron chi connectivity index (χ4n) is 3.18. The largest absolute Gasteiger partial charge is 0.493 e. The highest BCUT2D eigenvalue weighted by atomic mass is 16.5. The maximum Gasteiger partial charge on any atom is 0.225 e. The summed E-state index contributed by atoms with van der Waals surface area (Å²) in [5.41, 5.74) is 0.508. The summed E-state index contributed by atoms with van der Waals surface area (Å²) in [4.78, 5) is 28.1. The van der Waals surface area contributed by atoms with Gasteiger partial charge in [-0.2, -0.15) is 5.26 Å². The molecule has 7 heteroatoms. The smallest absolute Gasteiger partial charge is 0.225 e. The molecular weight excluding hydrogens is 346 g/mol. The maximum absolute atomic E-state index is 12.3. The SMILES string of the molecule is COc1cc(C#N)ccc1OCCCC(=O)N1CCN(C(=O)C2CC2)CC1. The van der Waals surface area contributed by atoms with Crippen LogP contribution in [0.15, 0.2) is 18.2 Å². The predicted molar refractivity (Wildman–Crippen MR) is 98.3 cm³/mol. The second-order valence-electron chi connectivity index (χ2n) is 6.91. The Morgan fingerprint density at radius 2 is 1.85 bits per heavy atom. The van der Waals surface area contributed by atoms with Crippen molar-refractivity contribution in [1.29, 1.82) is 5.26 Å². The first-order valence-corrected chi connectivity index (χ1v) is 9.40. The summed E-state index contributed by atoms with van der Waals surface area (Å²) in [6.07, 6.45) is 3.04. The number of nitrogens with zero attached hydrogens (tertiary/aromatic N) is 3. The molecule has 2 amide bonds. The van der Waals surface area contributed by atoms with Crippen molar-refractivity contribution in [2.24, 2.45) is 5.92 Å². The summed E-state index contributed by atoms with van der Waals surface area (Å²) in [6, 6.07) is 7.06. The zero-order chi connectivity index (χ0) is 19.2. The van der Waals surface area contributed by atoms with Gasteiger partial charge in [-0.25, -0.2) is 0 Å². The Labute approximate surface area is 159 Å². The van der Waals surface area contributed by atoms with Crippen molar-refractivity contribution in [2.45, 2.75) is 25.7 Å². The lowest BCUT2D eigenvalue weighted by atomic mass is 10.2. The fourth-order valence-corrected chi connectivity index (χ4v) is 3.18. The van der Waals surface area contributed by atoms with Crippen LogP contribution in [0, 0.1) is 17.2 Å². The summed E-state index contributed by atoms with van der Waals surface area (Å²) >= 11 is 0. The highest BCUT2D eigenvalue weighted by molar-refractivity contribution is 5.81. The van der Waals surface area contributed by atoms with E-state index in [9.17, 15) is 9.59 Å². The lowest BCUT2D eigenvalue weighted by Gasteiger charge is -2.35. The Balaban J connectivity index is 1.38. The van der Waals surface area contributed by atoms with Gasteiger partial charge in [0.15, 0.2) is 11.5 Å². The molecule has 1 heterocycles. The van der Waals surface area contributed by atoms with Crippen molar-refractivity contribution >= 4 is 11.8 Å². The number of benzene rings is 1. The van der Waals surface area contributed by atoms with Gasteiger partial charge < -0.3 is 19.3 Å². The van der Waals surface area contributed by atoms with Gasteiger partial charge in [0.2, 0.25) is 11.8 Å². The van der Waals surface area contributed by atoms with E-state index < -0.39 is 0 Å². The molecule has 2 fully saturated rings. The fraction of sp³-hybridized carbons (Fsp3) is 0.550. The third-order valence-corrected chi connectivity index (χ3v) is 4.96. The summed E-state index contributed by atoms with van der Waals surface area (Å²) < 4.78 is 10.9. The normalized spacial score (nSPS) is 16.6. The van der Waals surface area contributed by atoms with Crippen molar-refractivity contribution in [1.82, 2.24) is 9.80 Å². The molecule has 2 aliphatic rings. The lowest BCUT2D eigenvalue weighted by Crippen LogP contribution is -2.51. The minimum absolute atomic E-state index is 0.101. The van der Waals surface area contributed by atoms with Crippen LogP contribution >= 0.6 is 0 Å². The topological polar surface area (TPSA) is 82.9 Å². The third-order valence-electron chi connectivity index (χ3n) is 4.96. The van der Waals surface area contributed by atoms with Crippen molar-refractivity contribution in [3.05, 3.63) is 23.8 Å². The summed E-state index contributed by atoms with van der Waals surface area (Å²) in [5, 5.41) is 8.91. The number of rotatable bonds is 7. The highest BCUT2D eigenvalue weighted by Crippen LogP contribution is 2.31. The standard InChI is InChI=1S/C20H25N3O4/c1-26-18-13-15(14-21)4-7-17(18)27-12-2-3-19(24)22-8-10-23(11-9-22)20(25)16-5-6-16/h4,7,13,16H,2-3,5-6,8-12H2,1H3. The number of amides is 2. The summed E-state index contributed by atoms with van der Waals surface area (Å²) in [6.45, 7) is 2.90. The lowest BCUT2D eigenvalue weighted by molar-refractivity contribution is -0.140. The van der Waals surface area contributed by atoms with Gasteiger partial charge in [-0.3, -0.25) is 9.59 Å². The zero-order valence-electron chi connectivity index (χ0n) is 15.6. The predicted octanol–water partition coefficient (Wildman–Crippen LogP) is 1.81. The van der Waals surface area contributed by atoms with Gasteiger partial charge in [0.1, 0.15) is 0 Å². The van der Waals surface area contributed by atoms with E-state index in [1.165, 1.54) is 7.11 Å². The van der Waals surface area contributed by atoms with Crippen LogP contribution in [0.1, 0.15) is 31.2 Å². The Kier molecular flexibility index (Phi) is 6.17. The minimum Gasteiger partial charge on any atom is -0.493 e. The van der Waals surface area contributed by atoms with Crippen LogP contribution in [0.3, 0.4) is 0 Å². The molecule has 1 aromatic rings. The molecule has 1 aliphatic heterocycles. The van der Waals surface area contributed by atoms with Crippen LogP contribution in [-0.2, 0) is 9.59 Å². The summed E-state index contributed by atoms with van der Waals surface area (Å²) in [5.74, 6) is 1.67. The Morgan fingerprint density at radius 1 is 1.15 bits per heavy atom. The molecule has 1 aromatic carbocycles. The summed E-state index contributed by atoms with van der Waals surface area (Å²) in [7, 11) is 1.53. The van der Waals surface area contributed by atoms with E-state index >= 15 is 0 Å². The molecule has 1 saturated heterocycles. The Bertz CT molecular complexity index is 731. The van der Waals surface area contributed by atoms with Crippen molar-refractivity contribution in [3.8, 4) is 17.6 Å². The molecule has 0 bridgehead atoms. The number of carbonyl (C=O) groups excluding carboxylic acids is 2. The van der Waals surface area contributed by atoms with E-state index in [1.54, 1.807) is 18.2 Å². The van der Waals surface area contributed by atoms with Crippen molar-refractivity contribution < 1.29 is 19.1 Å².